The van der Waals surface area contributed by atoms with Gasteiger partial charge in [-0.2, -0.15) is 13.2 Å². The van der Waals surface area contributed by atoms with Crippen LogP contribution in [0.4, 0.5) is 13.2 Å². The van der Waals surface area contributed by atoms with Gasteiger partial charge in [0.2, 0.25) is 0 Å². The van der Waals surface area contributed by atoms with E-state index in [2.05, 4.69) is 43.0 Å². The maximum absolute atomic E-state index is 13.9. The SMILES string of the molecule is C=CC(=O)Oc1c(Cc2ccccc2-c2ccccc2P(c2ccccc2)c2ccccc2)cccc1C(F)(F)F. The van der Waals surface area contributed by atoms with Crippen molar-refractivity contribution in [2.75, 3.05) is 0 Å². The van der Waals surface area contributed by atoms with Crippen LogP contribution in [0.5, 0.6) is 5.75 Å². The van der Waals surface area contributed by atoms with Gasteiger partial charge >= 0.3 is 12.1 Å². The van der Waals surface area contributed by atoms with Gasteiger partial charge in [0, 0.05) is 12.5 Å². The molecule has 6 heteroatoms. The molecular formula is C35H26F3O2P. The summed E-state index contributed by atoms with van der Waals surface area (Å²) in [4.78, 5) is 12.0. The molecule has 0 aliphatic carbocycles. The fraction of sp³-hybridized carbons (Fsp3) is 0.0571. The Hall–Kier alpha value is -4.47. The van der Waals surface area contributed by atoms with E-state index >= 15 is 0 Å². The molecule has 0 saturated carbocycles. The Morgan fingerprint density at radius 3 is 1.83 bits per heavy atom. The number of benzene rings is 5. The van der Waals surface area contributed by atoms with Crippen molar-refractivity contribution in [2.45, 2.75) is 12.6 Å². The number of carbonyl (C=O) groups excluding carboxylic acids is 1. The van der Waals surface area contributed by atoms with Crippen LogP contribution in [-0.4, -0.2) is 5.97 Å². The minimum atomic E-state index is -4.69. The van der Waals surface area contributed by atoms with E-state index in [0.29, 0.717) is 0 Å². The monoisotopic (exact) mass is 566 g/mol. The Balaban J connectivity index is 1.65. The number of halogens is 3. The van der Waals surface area contributed by atoms with Crippen molar-refractivity contribution in [1.29, 1.82) is 0 Å². The summed E-state index contributed by atoms with van der Waals surface area (Å²) < 4.78 is 46.9. The lowest BCUT2D eigenvalue weighted by atomic mass is 9.93. The quantitative estimate of drug-likeness (QED) is 0.0829. The van der Waals surface area contributed by atoms with Crippen LogP contribution in [0.2, 0.25) is 0 Å². The van der Waals surface area contributed by atoms with Crippen LogP contribution >= 0.6 is 7.92 Å². The third kappa shape index (κ3) is 6.32. The van der Waals surface area contributed by atoms with E-state index in [1.54, 1.807) is 6.07 Å². The van der Waals surface area contributed by atoms with Gasteiger partial charge in [-0.25, -0.2) is 4.79 Å². The van der Waals surface area contributed by atoms with E-state index in [4.69, 9.17) is 4.74 Å². The topological polar surface area (TPSA) is 26.3 Å². The highest BCUT2D eigenvalue weighted by atomic mass is 31.1. The van der Waals surface area contributed by atoms with Gasteiger partial charge in [0.25, 0.3) is 0 Å². The Bertz CT molecular complexity index is 1630. The fourth-order valence-corrected chi connectivity index (χ4v) is 7.30. The number of rotatable bonds is 8. The summed E-state index contributed by atoms with van der Waals surface area (Å²) in [7, 11) is -0.932. The molecule has 0 spiro atoms. The van der Waals surface area contributed by atoms with Gasteiger partial charge in [-0.1, -0.05) is 128 Å². The molecule has 5 aromatic rings. The molecule has 0 atom stereocenters. The second-order valence-corrected chi connectivity index (χ2v) is 11.5. The highest BCUT2D eigenvalue weighted by Crippen LogP contribution is 2.41. The van der Waals surface area contributed by atoms with Gasteiger partial charge in [-0.15, -0.1) is 0 Å². The smallest absolute Gasteiger partial charge is 0.419 e. The molecule has 0 aromatic heterocycles. The van der Waals surface area contributed by atoms with Gasteiger partial charge in [0.1, 0.15) is 5.75 Å². The van der Waals surface area contributed by atoms with Crippen molar-refractivity contribution < 1.29 is 22.7 Å². The van der Waals surface area contributed by atoms with Crippen LogP contribution in [0.15, 0.2) is 140 Å². The summed E-state index contributed by atoms with van der Waals surface area (Å²) in [6, 6.07) is 40.3. The number of hydrogen-bond donors (Lipinski definition) is 0. The zero-order valence-electron chi connectivity index (χ0n) is 22.0. The second-order valence-electron chi connectivity index (χ2n) is 9.27. The van der Waals surface area contributed by atoms with Crippen LogP contribution < -0.4 is 20.7 Å². The van der Waals surface area contributed by atoms with E-state index in [1.165, 1.54) is 16.7 Å². The lowest BCUT2D eigenvalue weighted by Crippen LogP contribution is -2.22. The zero-order chi connectivity index (χ0) is 28.8. The maximum atomic E-state index is 13.9. The zero-order valence-corrected chi connectivity index (χ0v) is 22.9. The Morgan fingerprint density at radius 1 is 0.683 bits per heavy atom. The number of ether oxygens (including phenoxy) is 1. The van der Waals surface area contributed by atoms with Crippen molar-refractivity contribution in [1.82, 2.24) is 0 Å². The third-order valence-electron chi connectivity index (χ3n) is 6.63. The van der Waals surface area contributed by atoms with Crippen molar-refractivity contribution in [2.24, 2.45) is 0 Å². The molecule has 0 amide bonds. The van der Waals surface area contributed by atoms with Gasteiger partial charge in [0.05, 0.1) is 5.56 Å². The summed E-state index contributed by atoms with van der Waals surface area (Å²) in [5.41, 5.74) is 1.97. The first kappa shape index (κ1) is 28.1. The highest BCUT2D eigenvalue weighted by molar-refractivity contribution is 7.80. The Morgan fingerprint density at radius 2 is 1.22 bits per heavy atom. The third-order valence-corrected chi connectivity index (χ3v) is 9.13. The number of alkyl halides is 3. The summed E-state index contributed by atoms with van der Waals surface area (Å²) >= 11 is 0. The standard InChI is InChI=1S/C35H26F3O2P/c1-2-33(39)40-34-26(15-13-22-31(34)35(36,37)38)24-25-14-9-10-20-29(25)30-21-11-12-23-32(30)41(27-16-5-3-6-17-27)28-18-7-4-8-19-28/h2-23H,1,24H2. The van der Waals surface area contributed by atoms with Crippen molar-refractivity contribution >= 4 is 29.8 Å². The van der Waals surface area contributed by atoms with Crippen LogP contribution in [0.25, 0.3) is 11.1 Å². The van der Waals surface area contributed by atoms with Gasteiger partial charge in [-0.05, 0) is 52.2 Å². The van der Waals surface area contributed by atoms with Crippen molar-refractivity contribution in [3.05, 3.63) is 157 Å². The molecule has 0 aliphatic heterocycles. The molecule has 0 aliphatic rings. The van der Waals surface area contributed by atoms with E-state index in [9.17, 15) is 18.0 Å². The van der Waals surface area contributed by atoms with Gasteiger partial charge in [0.15, 0.2) is 0 Å². The van der Waals surface area contributed by atoms with E-state index in [0.717, 1.165) is 34.1 Å². The molecule has 0 fully saturated rings. The summed E-state index contributed by atoms with van der Waals surface area (Å²) in [6.45, 7) is 3.34. The van der Waals surface area contributed by atoms with Crippen LogP contribution in [0.1, 0.15) is 16.7 Å². The number of para-hydroxylation sites is 1. The molecule has 5 aromatic carbocycles. The molecular weight excluding hydrogens is 540 g/mol. The molecule has 0 unspecified atom stereocenters. The first-order valence-electron chi connectivity index (χ1n) is 13.0. The predicted octanol–water partition coefficient (Wildman–Crippen LogP) is 7.81. The van der Waals surface area contributed by atoms with Crippen molar-refractivity contribution in [3.63, 3.8) is 0 Å². The molecule has 0 N–H and O–H groups in total. The van der Waals surface area contributed by atoms with Crippen LogP contribution in [-0.2, 0) is 17.4 Å². The fourth-order valence-electron chi connectivity index (χ4n) is 4.83. The molecule has 41 heavy (non-hydrogen) atoms. The second kappa shape index (κ2) is 12.4. The molecule has 0 bridgehead atoms. The van der Waals surface area contributed by atoms with E-state index < -0.39 is 31.4 Å². The molecule has 0 saturated heterocycles. The van der Waals surface area contributed by atoms with Crippen LogP contribution in [0.3, 0.4) is 0 Å². The van der Waals surface area contributed by atoms with Crippen molar-refractivity contribution in [3.8, 4) is 16.9 Å². The first-order chi connectivity index (χ1) is 19.9. The average Bonchev–Trinajstić information content (AvgIpc) is 2.99. The number of esters is 1. The molecule has 0 radical (unpaired) electrons. The largest absolute Gasteiger partial charge is 0.422 e. The molecule has 204 valence electrons. The summed E-state index contributed by atoms with van der Waals surface area (Å²) in [6.07, 6.45) is -3.71. The normalized spacial score (nSPS) is 11.3. The minimum absolute atomic E-state index is 0.128. The number of carbonyl (C=O) groups is 1. The lowest BCUT2D eigenvalue weighted by molar-refractivity contribution is -0.140. The minimum Gasteiger partial charge on any atom is -0.422 e. The Kier molecular flexibility index (Phi) is 8.47. The van der Waals surface area contributed by atoms with Gasteiger partial charge < -0.3 is 4.74 Å². The first-order valence-corrected chi connectivity index (χ1v) is 14.3. The highest BCUT2D eigenvalue weighted by Gasteiger charge is 2.36. The summed E-state index contributed by atoms with van der Waals surface area (Å²) in [5, 5.41) is 3.51. The van der Waals surface area contributed by atoms with E-state index in [1.807, 2.05) is 72.8 Å². The summed E-state index contributed by atoms with van der Waals surface area (Å²) in [5.74, 6) is -1.44. The number of hydrogen-bond acceptors (Lipinski definition) is 2. The van der Waals surface area contributed by atoms with E-state index in [-0.39, 0.29) is 12.0 Å². The Labute approximate surface area is 238 Å². The average molecular weight is 567 g/mol. The van der Waals surface area contributed by atoms with Gasteiger partial charge in [-0.3, -0.25) is 0 Å². The molecule has 0 heterocycles. The maximum Gasteiger partial charge on any atom is 0.419 e. The molecule has 5 rings (SSSR count). The van der Waals surface area contributed by atoms with Crippen LogP contribution in [0, 0.1) is 0 Å². The predicted molar refractivity (Wildman–Crippen MR) is 161 cm³/mol. The molecule has 2 nitrogen and oxygen atoms in total. The lowest BCUT2D eigenvalue weighted by Gasteiger charge is -2.23.